The first kappa shape index (κ1) is 34.4. The SMILES string of the molecule is CC(C)c1cccc(C(C)C)c1-n1c(/N=N/[O-])c[n+](-c2c(C(C)C)cccc2C(C)C)c1-c1ccccc1.CO.CO. The summed E-state index contributed by atoms with van der Waals surface area (Å²) in [6.45, 7) is 17.8. The lowest BCUT2D eigenvalue weighted by Crippen LogP contribution is -2.35. The summed E-state index contributed by atoms with van der Waals surface area (Å²) in [5, 5.41) is 32.9. The van der Waals surface area contributed by atoms with E-state index in [2.05, 4.69) is 136 Å². The normalized spacial score (nSPS) is 11.2. The molecule has 4 rings (SSSR count). The van der Waals surface area contributed by atoms with Gasteiger partial charge in [0.15, 0.2) is 6.20 Å². The third-order valence-electron chi connectivity index (χ3n) is 7.24. The Morgan fingerprint density at radius 2 is 1.05 bits per heavy atom. The van der Waals surface area contributed by atoms with Crippen LogP contribution in [-0.2, 0) is 0 Å². The summed E-state index contributed by atoms with van der Waals surface area (Å²) >= 11 is 0. The van der Waals surface area contributed by atoms with E-state index >= 15 is 0 Å². The molecule has 3 aromatic carbocycles. The van der Waals surface area contributed by atoms with Gasteiger partial charge in [0.05, 0.1) is 5.56 Å². The first-order valence-electron chi connectivity index (χ1n) is 14.6. The first-order valence-corrected chi connectivity index (χ1v) is 14.6. The van der Waals surface area contributed by atoms with Crippen molar-refractivity contribution in [1.29, 1.82) is 0 Å². The van der Waals surface area contributed by atoms with E-state index in [1.165, 1.54) is 22.3 Å². The molecule has 226 valence electrons. The fourth-order valence-electron chi connectivity index (χ4n) is 5.37. The zero-order chi connectivity index (χ0) is 31.6. The maximum Gasteiger partial charge on any atom is 0.301 e. The number of hydrogen-bond acceptors (Lipinski definition) is 5. The molecule has 7 heteroatoms. The van der Waals surface area contributed by atoms with E-state index in [1.807, 2.05) is 12.3 Å². The lowest BCUT2D eigenvalue weighted by molar-refractivity contribution is -0.583. The molecule has 0 atom stereocenters. The third-order valence-corrected chi connectivity index (χ3v) is 7.24. The van der Waals surface area contributed by atoms with Gasteiger partial charge in [0.1, 0.15) is 11.4 Å². The van der Waals surface area contributed by atoms with Crippen molar-refractivity contribution in [2.45, 2.75) is 79.1 Å². The highest BCUT2D eigenvalue weighted by atomic mass is 16.5. The topological polar surface area (TPSA) is 97.0 Å². The van der Waals surface area contributed by atoms with Crippen molar-refractivity contribution < 1.29 is 14.8 Å². The van der Waals surface area contributed by atoms with Crippen LogP contribution in [0.15, 0.2) is 83.3 Å². The maximum absolute atomic E-state index is 11.7. The fourth-order valence-corrected chi connectivity index (χ4v) is 5.37. The summed E-state index contributed by atoms with van der Waals surface area (Å²) < 4.78 is 4.40. The molecule has 1 heterocycles. The van der Waals surface area contributed by atoms with Crippen molar-refractivity contribution in [3.8, 4) is 22.8 Å². The Morgan fingerprint density at radius 3 is 1.45 bits per heavy atom. The number of nitrogens with zero attached hydrogens (tertiary/aromatic N) is 4. The summed E-state index contributed by atoms with van der Waals surface area (Å²) in [6, 6.07) is 23.5. The minimum absolute atomic E-state index is 0.273. The monoisotopic (exact) mass is 572 g/mol. The molecule has 0 saturated heterocycles. The summed E-state index contributed by atoms with van der Waals surface area (Å²) in [5.74, 6) is 2.63. The highest BCUT2D eigenvalue weighted by molar-refractivity contribution is 5.65. The van der Waals surface area contributed by atoms with Gasteiger partial charge in [-0.05, 0) is 35.8 Å². The van der Waals surface area contributed by atoms with Gasteiger partial charge in [-0.2, -0.15) is 9.13 Å². The maximum atomic E-state index is 11.7. The van der Waals surface area contributed by atoms with Crippen LogP contribution in [0.3, 0.4) is 0 Å². The van der Waals surface area contributed by atoms with Gasteiger partial charge < -0.3 is 15.4 Å². The zero-order valence-electron chi connectivity index (χ0n) is 26.8. The minimum atomic E-state index is 0.273. The lowest BCUT2D eigenvalue weighted by Gasteiger charge is -2.20. The Bertz CT molecular complexity index is 1390. The first-order chi connectivity index (χ1) is 20.2. The van der Waals surface area contributed by atoms with Crippen LogP contribution in [0.5, 0.6) is 0 Å². The molecule has 0 aliphatic heterocycles. The van der Waals surface area contributed by atoms with Crippen molar-refractivity contribution in [3.05, 3.63) is 100 Å². The molecule has 0 unspecified atom stereocenters. The van der Waals surface area contributed by atoms with Gasteiger partial charge in [0.25, 0.3) is 5.82 Å². The van der Waals surface area contributed by atoms with E-state index in [-0.39, 0.29) is 11.8 Å². The predicted octanol–water partition coefficient (Wildman–Crippen LogP) is 8.71. The third kappa shape index (κ3) is 7.15. The zero-order valence-corrected chi connectivity index (χ0v) is 26.8. The van der Waals surface area contributed by atoms with Crippen LogP contribution in [0.25, 0.3) is 22.8 Å². The van der Waals surface area contributed by atoms with Gasteiger partial charge in [-0.1, -0.05) is 110 Å². The number of hydrogen-bond donors (Lipinski definition) is 2. The standard InChI is InChI=1S/C33H40N4O.2CH4O/c1-21(2)26-16-12-17-27(22(3)4)31(26)36-20-30(34-35-38)37(33(36)25-14-10-9-11-15-25)32-28(23(5)6)18-13-19-29(32)24(7)8;2*1-2/h9-24H,1-8H3;2*2H,1H3. The molecule has 42 heavy (non-hydrogen) atoms. The van der Waals surface area contributed by atoms with Gasteiger partial charge >= 0.3 is 5.82 Å². The summed E-state index contributed by atoms with van der Waals surface area (Å²) in [7, 11) is 2.00. The quantitative estimate of drug-likeness (QED) is 0.125. The smallest absolute Gasteiger partial charge is 0.301 e. The predicted molar refractivity (Wildman–Crippen MR) is 173 cm³/mol. The van der Waals surface area contributed by atoms with Crippen LogP contribution in [0.2, 0.25) is 0 Å². The second kappa shape index (κ2) is 16.0. The van der Waals surface area contributed by atoms with E-state index in [1.54, 1.807) is 0 Å². The molecule has 0 fully saturated rings. The number of rotatable bonds is 8. The molecular formula is C35H48N4O3. The van der Waals surface area contributed by atoms with Crippen LogP contribution in [0, 0.1) is 5.21 Å². The van der Waals surface area contributed by atoms with Crippen LogP contribution in [-0.4, -0.2) is 29.0 Å². The Labute approximate surface area is 251 Å². The number of para-hydroxylation sites is 2. The van der Waals surface area contributed by atoms with Crippen LogP contribution < -0.4 is 4.57 Å². The van der Waals surface area contributed by atoms with E-state index in [9.17, 15) is 5.21 Å². The van der Waals surface area contributed by atoms with Crippen molar-refractivity contribution in [2.24, 2.45) is 10.4 Å². The highest BCUT2D eigenvalue weighted by Gasteiger charge is 2.34. The molecule has 0 amide bonds. The number of benzene rings is 3. The second-order valence-corrected chi connectivity index (χ2v) is 11.3. The number of aromatic nitrogens is 2. The molecule has 0 saturated carbocycles. The Morgan fingerprint density at radius 1 is 0.619 bits per heavy atom. The number of imidazole rings is 1. The second-order valence-electron chi connectivity index (χ2n) is 11.3. The van der Waals surface area contributed by atoms with E-state index in [0.717, 1.165) is 37.0 Å². The minimum Gasteiger partial charge on any atom is -0.775 e. The molecule has 2 N–H and O–H groups in total. The van der Waals surface area contributed by atoms with E-state index < -0.39 is 0 Å². The van der Waals surface area contributed by atoms with Crippen molar-refractivity contribution in [1.82, 2.24) is 4.57 Å². The molecule has 0 aliphatic carbocycles. The Balaban J connectivity index is 0.00000148. The van der Waals surface area contributed by atoms with E-state index in [0.29, 0.717) is 17.7 Å². The molecule has 0 bridgehead atoms. The molecule has 4 aromatic rings. The molecule has 0 spiro atoms. The lowest BCUT2D eigenvalue weighted by atomic mass is 9.92. The van der Waals surface area contributed by atoms with Crippen molar-refractivity contribution in [3.63, 3.8) is 0 Å². The van der Waals surface area contributed by atoms with E-state index in [4.69, 9.17) is 10.2 Å². The number of aliphatic hydroxyl groups excluding tert-OH is 2. The molecule has 1 aromatic heterocycles. The molecular weight excluding hydrogens is 524 g/mol. The van der Waals surface area contributed by atoms with Gasteiger partial charge in [-0.25, -0.2) is 5.28 Å². The van der Waals surface area contributed by atoms with Gasteiger partial charge in [-0.3, -0.25) is 0 Å². The van der Waals surface area contributed by atoms with Crippen LogP contribution >= 0.6 is 0 Å². The molecule has 0 aliphatic rings. The summed E-state index contributed by atoms with van der Waals surface area (Å²) in [5.41, 5.74) is 8.18. The fraction of sp³-hybridized carbons (Fsp3) is 0.400. The Hall–Kier alpha value is -3.81. The average molecular weight is 573 g/mol. The van der Waals surface area contributed by atoms with Crippen LogP contribution in [0.4, 0.5) is 5.82 Å². The van der Waals surface area contributed by atoms with Gasteiger partial charge in [0, 0.05) is 36.5 Å². The molecule has 7 nitrogen and oxygen atoms in total. The van der Waals surface area contributed by atoms with Crippen molar-refractivity contribution in [2.75, 3.05) is 14.2 Å². The van der Waals surface area contributed by atoms with Crippen LogP contribution in [0.1, 0.15) is 101 Å². The largest absolute Gasteiger partial charge is 0.775 e. The molecule has 0 radical (unpaired) electrons. The highest BCUT2D eigenvalue weighted by Crippen LogP contribution is 2.39. The summed E-state index contributed by atoms with van der Waals surface area (Å²) in [6.07, 6.45) is 1.98. The number of aliphatic hydroxyl groups is 2. The average Bonchev–Trinajstić information content (AvgIpc) is 3.37. The van der Waals surface area contributed by atoms with Gasteiger partial charge in [-0.15, -0.1) is 5.11 Å². The van der Waals surface area contributed by atoms with Crippen molar-refractivity contribution >= 4 is 5.82 Å². The van der Waals surface area contributed by atoms with Gasteiger partial charge in [0.2, 0.25) is 0 Å². The summed E-state index contributed by atoms with van der Waals surface area (Å²) in [4.78, 5) is 0. The Kier molecular flexibility index (Phi) is 13.1.